The number of carbonyl (C=O) groups is 1. The Balaban J connectivity index is 1.47. The number of sulfonamides is 1. The number of benzene rings is 3. The summed E-state index contributed by atoms with van der Waals surface area (Å²) in [5.41, 5.74) is 2.29. The van der Waals surface area contributed by atoms with E-state index in [0.29, 0.717) is 22.8 Å². The molecule has 0 saturated heterocycles. The van der Waals surface area contributed by atoms with Crippen molar-refractivity contribution in [3.05, 3.63) is 94.8 Å². The van der Waals surface area contributed by atoms with Crippen molar-refractivity contribution >= 4 is 33.1 Å². The third-order valence-corrected chi connectivity index (χ3v) is 7.61. The first-order chi connectivity index (χ1) is 15.9. The van der Waals surface area contributed by atoms with E-state index >= 15 is 0 Å². The molecule has 7 nitrogen and oxygen atoms in total. The van der Waals surface area contributed by atoms with E-state index in [-0.39, 0.29) is 22.2 Å². The lowest BCUT2D eigenvalue weighted by molar-refractivity contribution is 0.100. The van der Waals surface area contributed by atoms with Gasteiger partial charge in [-0.15, -0.1) is 10.2 Å². The molecule has 3 aromatic carbocycles. The molecule has 0 saturated carbocycles. The van der Waals surface area contributed by atoms with Gasteiger partial charge in [-0.1, -0.05) is 54.1 Å². The van der Waals surface area contributed by atoms with Crippen molar-refractivity contribution in [2.75, 3.05) is 10.8 Å². The van der Waals surface area contributed by atoms with Gasteiger partial charge in [-0.25, -0.2) is 8.42 Å². The normalized spacial score (nSPS) is 13.5. The van der Waals surface area contributed by atoms with E-state index in [9.17, 15) is 13.2 Å². The second-order valence-electron chi connectivity index (χ2n) is 7.56. The molecule has 2 heterocycles. The Kier molecular flexibility index (Phi) is 5.47. The lowest BCUT2D eigenvalue weighted by Crippen LogP contribution is -2.35. The number of rotatable bonds is 5. The Morgan fingerprint density at radius 2 is 1.76 bits per heavy atom. The zero-order valence-electron chi connectivity index (χ0n) is 17.3. The number of aromatic nitrogens is 2. The van der Waals surface area contributed by atoms with Crippen molar-refractivity contribution in [1.29, 1.82) is 0 Å². The largest absolute Gasteiger partial charge is 0.413 e. The first kappa shape index (κ1) is 21.4. The molecule has 1 aromatic heterocycles. The number of para-hydroxylation sites is 1. The van der Waals surface area contributed by atoms with Crippen LogP contribution in [0.4, 0.5) is 5.69 Å². The van der Waals surface area contributed by atoms with Crippen LogP contribution in [0.5, 0.6) is 0 Å². The summed E-state index contributed by atoms with van der Waals surface area (Å²) in [6.45, 7) is 0.377. The second-order valence-corrected chi connectivity index (χ2v) is 9.83. The van der Waals surface area contributed by atoms with Gasteiger partial charge in [0.05, 0.1) is 21.2 Å². The standard InChI is InChI=1S/C24H18ClN3O4S/c25-20-12-3-2-11-19(20)23-26-27-24(32-23)22(29)17-8-5-10-18(15-17)33(30,31)28-14-6-9-16-7-1-4-13-21(16)28/h1-5,7-8,10-13,15H,6,9,14H2. The van der Waals surface area contributed by atoms with Gasteiger partial charge in [0.1, 0.15) is 0 Å². The molecular weight excluding hydrogens is 462 g/mol. The van der Waals surface area contributed by atoms with E-state index in [2.05, 4.69) is 10.2 Å². The van der Waals surface area contributed by atoms with Gasteiger partial charge in [0, 0.05) is 12.1 Å². The number of nitrogens with zero attached hydrogens (tertiary/aromatic N) is 3. The molecule has 0 bridgehead atoms. The highest BCUT2D eigenvalue weighted by Crippen LogP contribution is 2.32. The zero-order chi connectivity index (χ0) is 23.0. The lowest BCUT2D eigenvalue weighted by Gasteiger charge is -2.30. The monoisotopic (exact) mass is 479 g/mol. The van der Waals surface area contributed by atoms with Gasteiger partial charge in [0.2, 0.25) is 11.7 Å². The van der Waals surface area contributed by atoms with Crippen molar-refractivity contribution in [1.82, 2.24) is 10.2 Å². The number of aryl methyl sites for hydroxylation is 1. The number of carbonyl (C=O) groups excluding carboxylic acids is 1. The fourth-order valence-corrected chi connectivity index (χ4v) is 5.66. The lowest BCUT2D eigenvalue weighted by atomic mass is 10.0. The predicted octanol–water partition coefficient (Wildman–Crippen LogP) is 4.76. The molecule has 4 aromatic rings. The van der Waals surface area contributed by atoms with Crippen LogP contribution in [0.3, 0.4) is 0 Å². The highest BCUT2D eigenvalue weighted by molar-refractivity contribution is 7.92. The van der Waals surface area contributed by atoms with Crippen LogP contribution >= 0.6 is 11.6 Å². The van der Waals surface area contributed by atoms with Crippen molar-refractivity contribution in [2.24, 2.45) is 0 Å². The molecule has 5 rings (SSSR count). The fourth-order valence-electron chi connectivity index (χ4n) is 3.86. The van der Waals surface area contributed by atoms with Gasteiger partial charge in [0.25, 0.3) is 15.9 Å². The number of fused-ring (bicyclic) bond motifs is 1. The molecule has 166 valence electrons. The summed E-state index contributed by atoms with van der Waals surface area (Å²) in [6, 6.07) is 20.2. The highest BCUT2D eigenvalue weighted by atomic mass is 35.5. The summed E-state index contributed by atoms with van der Waals surface area (Å²) >= 11 is 6.16. The first-order valence-electron chi connectivity index (χ1n) is 10.3. The minimum absolute atomic E-state index is 0.0240. The van der Waals surface area contributed by atoms with Crippen LogP contribution in [-0.2, 0) is 16.4 Å². The van der Waals surface area contributed by atoms with E-state index in [0.717, 1.165) is 18.4 Å². The Morgan fingerprint density at radius 3 is 2.61 bits per heavy atom. The van der Waals surface area contributed by atoms with Crippen LogP contribution < -0.4 is 4.31 Å². The molecular formula is C24H18ClN3O4S. The SMILES string of the molecule is O=C(c1cccc(S(=O)(=O)N2CCCc3ccccc32)c1)c1nnc(-c2ccccc2Cl)o1. The first-order valence-corrected chi connectivity index (χ1v) is 12.1. The van der Waals surface area contributed by atoms with Crippen LogP contribution in [0.15, 0.2) is 82.1 Å². The average Bonchev–Trinajstić information content (AvgIpc) is 3.33. The Morgan fingerprint density at radius 1 is 0.970 bits per heavy atom. The molecule has 1 aliphatic heterocycles. The summed E-state index contributed by atoms with van der Waals surface area (Å²) < 4.78 is 33.8. The highest BCUT2D eigenvalue weighted by Gasteiger charge is 2.30. The van der Waals surface area contributed by atoms with Crippen molar-refractivity contribution < 1.29 is 17.6 Å². The molecule has 1 aliphatic rings. The summed E-state index contributed by atoms with van der Waals surface area (Å²) in [5.74, 6) is -0.711. The Labute approximate surface area is 195 Å². The van der Waals surface area contributed by atoms with E-state index in [4.69, 9.17) is 16.0 Å². The smallest absolute Gasteiger partial charge is 0.289 e. The van der Waals surface area contributed by atoms with Gasteiger partial charge in [-0.2, -0.15) is 0 Å². The van der Waals surface area contributed by atoms with Gasteiger partial charge in [-0.05, 0) is 48.7 Å². The van der Waals surface area contributed by atoms with Crippen LogP contribution in [0.25, 0.3) is 11.5 Å². The topological polar surface area (TPSA) is 93.4 Å². The van der Waals surface area contributed by atoms with E-state index in [1.165, 1.54) is 28.6 Å². The van der Waals surface area contributed by atoms with Gasteiger partial charge < -0.3 is 4.42 Å². The number of anilines is 1. The summed E-state index contributed by atoms with van der Waals surface area (Å²) in [4.78, 5) is 13.0. The number of halogens is 1. The minimum Gasteiger partial charge on any atom is -0.413 e. The summed E-state index contributed by atoms with van der Waals surface area (Å²) in [7, 11) is -3.86. The summed E-state index contributed by atoms with van der Waals surface area (Å²) in [6.07, 6.45) is 1.55. The third-order valence-electron chi connectivity index (χ3n) is 5.48. The van der Waals surface area contributed by atoms with Gasteiger partial charge in [-0.3, -0.25) is 9.10 Å². The zero-order valence-corrected chi connectivity index (χ0v) is 18.9. The number of hydrogen-bond acceptors (Lipinski definition) is 6. The molecule has 9 heteroatoms. The van der Waals surface area contributed by atoms with Crippen molar-refractivity contribution in [3.63, 3.8) is 0 Å². The molecule has 0 fully saturated rings. The van der Waals surface area contributed by atoms with Gasteiger partial charge >= 0.3 is 0 Å². The maximum Gasteiger partial charge on any atom is 0.289 e. The molecule has 0 radical (unpaired) electrons. The summed E-state index contributed by atoms with van der Waals surface area (Å²) in [5, 5.41) is 8.16. The van der Waals surface area contributed by atoms with E-state index in [1.54, 1.807) is 30.3 Å². The molecule has 0 spiro atoms. The second kappa shape index (κ2) is 8.46. The number of ketones is 1. The van der Waals surface area contributed by atoms with Gasteiger partial charge in [0.15, 0.2) is 0 Å². The maximum absolute atomic E-state index is 13.4. The Hall–Kier alpha value is -3.49. The molecule has 33 heavy (non-hydrogen) atoms. The molecule has 0 aliphatic carbocycles. The van der Waals surface area contributed by atoms with Crippen LogP contribution in [0.1, 0.15) is 28.2 Å². The predicted molar refractivity (Wildman–Crippen MR) is 124 cm³/mol. The molecule has 0 N–H and O–H groups in total. The van der Waals surface area contributed by atoms with Crippen LogP contribution in [-0.4, -0.2) is 30.9 Å². The molecule has 0 atom stereocenters. The third kappa shape index (κ3) is 3.92. The quantitative estimate of drug-likeness (QED) is 0.383. The average molecular weight is 480 g/mol. The molecule has 0 amide bonds. The van der Waals surface area contributed by atoms with Crippen molar-refractivity contribution in [3.8, 4) is 11.5 Å². The Bertz CT molecular complexity index is 1470. The number of hydrogen-bond donors (Lipinski definition) is 0. The van der Waals surface area contributed by atoms with Crippen LogP contribution in [0, 0.1) is 0 Å². The maximum atomic E-state index is 13.4. The molecule has 0 unspecified atom stereocenters. The van der Waals surface area contributed by atoms with E-state index < -0.39 is 15.8 Å². The van der Waals surface area contributed by atoms with Crippen molar-refractivity contribution in [2.45, 2.75) is 17.7 Å². The van der Waals surface area contributed by atoms with E-state index in [1.807, 2.05) is 18.2 Å². The minimum atomic E-state index is -3.86. The fraction of sp³-hybridized carbons (Fsp3) is 0.125. The van der Waals surface area contributed by atoms with Crippen LogP contribution in [0.2, 0.25) is 5.02 Å².